The first-order chi connectivity index (χ1) is 10.0. The minimum Gasteiger partial charge on any atom is -0.465 e. The second kappa shape index (κ2) is 8.12. The Bertz CT molecular complexity index is 538. The quantitative estimate of drug-likeness (QED) is 0.608. The van der Waals surface area contributed by atoms with E-state index in [0.29, 0.717) is 37.4 Å². The third kappa shape index (κ3) is 4.36. The molecule has 0 spiro atoms. The van der Waals surface area contributed by atoms with Crippen molar-refractivity contribution < 1.29 is 14.3 Å². The maximum absolute atomic E-state index is 11.8. The van der Waals surface area contributed by atoms with Gasteiger partial charge in [0.05, 0.1) is 31.8 Å². The van der Waals surface area contributed by atoms with E-state index in [0.717, 1.165) is 11.3 Å². The summed E-state index contributed by atoms with van der Waals surface area (Å²) >= 11 is 0. The molecule has 0 atom stereocenters. The standard InChI is InChI=1S/C15H21N3O3/c1-11-9-12(10-13(14(11)17)15(19)21-3)18(6-4-5-16)7-8-20-2/h9-10H,4,6-8,17H2,1-3H3. The Labute approximate surface area is 125 Å². The number of nitrogen functional groups attached to an aromatic ring is 1. The summed E-state index contributed by atoms with van der Waals surface area (Å²) in [6, 6.07) is 5.71. The maximum Gasteiger partial charge on any atom is 0.340 e. The number of carbonyl (C=O) groups is 1. The highest BCUT2D eigenvalue weighted by Gasteiger charge is 2.16. The summed E-state index contributed by atoms with van der Waals surface area (Å²) in [6.07, 6.45) is 0.390. The molecule has 0 saturated carbocycles. The van der Waals surface area contributed by atoms with Gasteiger partial charge in [-0.1, -0.05) is 0 Å². The van der Waals surface area contributed by atoms with Gasteiger partial charge < -0.3 is 20.1 Å². The molecule has 0 fully saturated rings. The summed E-state index contributed by atoms with van der Waals surface area (Å²) in [5.41, 5.74) is 8.31. The Balaban J connectivity index is 3.15. The number of rotatable bonds is 7. The monoisotopic (exact) mass is 291 g/mol. The van der Waals surface area contributed by atoms with Crippen molar-refractivity contribution in [2.24, 2.45) is 0 Å². The molecule has 0 heterocycles. The van der Waals surface area contributed by atoms with Crippen LogP contribution >= 0.6 is 0 Å². The van der Waals surface area contributed by atoms with E-state index >= 15 is 0 Å². The molecular weight excluding hydrogens is 270 g/mol. The van der Waals surface area contributed by atoms with Gasteiger partial charge in [-0.2, -0.15) is 5.26 Å². The van der Waals surface area contributed by atoms with Gasteiger partial charge in [-0.05, 0) is 24.6 Å². The average Bonchev–Trinajstić information content (AvgIpc) is 2.49. The van der Waals surface area contributed by atoms with Crippen LogP contribution in [0.3, 0.4) is 0 Å². The average molecular weight is 291 g/mol. The number of ether oxygens (including phenoxy) is 2. The van der Waals surface area contributed by atoms with Crippen molar-refractivity contribution in [1.29, 1.82) is 5.26 Å². The third-order valence-electron chi connectivity index (χ3n) is 3.20. The second-order valence-electron chi connectivity index (χ2n) is 4.60. The van der Waals surface area contributed by atoms with Crippen molar-refractivity contribution in [3.8, 4) is 6.07 Å². The highest BCUT2D eigenvalue weighted by atomic mass is 16.5. The molecule has 0 radical (unpaired) electrons. The van der Waals surface area contributed by atoms with Crippen LogP contribution in [0.2, 0.25) is 0 Å². The maximum atomic E-state index is 11.8. The Morgan fingerprint density at radius 3 is 2.67 bits per heavy atom. The molecule has 1 aromatic carbocycles. The highest BCUT2D eigenvalue weighted by molar-refractivity contribution is 5.97. The van der Waals surface area contributed by atoms with E-state index in [9.17, 15) is 4.79 Å². The Kier molecular flexibility index (Phi) is 6.50. The lowest BCUT2D eigenvalue weighted by molar-refractivity contribution is 0.0602. The van der Waals surface area contributed by atoms with Crippen molar-refractivity contribution in [3.05, 3.63) is 23.3 Å². The number of esters is 1. The summed E-state index contributed by atoms with van der Waals surface area (Å²) in [4.78, 5) is 13.8. The number of carbonyl (C=O) groups excluding carboxylic acids is 1. The SMILES string of the molecule is COCCN(CCC#N)c1cc(C)c(N)c(C(=O)OC)c1. The Hall–Kier alpha value is -2.26. The zero-order chi connectivity index (χ0) is 15.8. The predicted molar refractivity (Wildman–Crippen MR) is 81.2 cm³/mol. The number of methoxy groups -OCH3 is 2. The van der Waals surface area contributed by atoms with Gasteiger partial charge in [-0.3, -0.25) is 0 Å². The molecule has 1 aromatic rings. The molecule has 0 bridgehead atoms. The van der Waals surface area contributed by atoms with Gasteiger partial charge in [0.15, 0.2) is 0 Å². The van der Waals surface area contributed by atoms with E-state index in [4.69, 9.17) is 20.5 Å². The van der Waals surface area contributed by atoms with Crippen molar-refractivity contribution in [2.75, 3.05) is 44.5 Å². The van der Waals surface area contributed by atoms with Gasteiger partial charge in [-0.25, -0.2) is 4.79 Å². The molecule has 0 amide bonds. The molecule has 2 N–H and O–H groups in total. The molecule has 0 unspecified atom stereocenters. The zero-order valence-electron chi connectivity index (χ0n) is 12.7. The van der Waals surface area contributed by atoms with E-state index < -0.39 is 5.97 Å². The molecular formula is C15H21N3O3. The minimum absolute atomic E-state index is 0.340. The number of benzene rings is 1. The van der Waals surface area contributed by atoms with Gasteiger partial charge in [-0.15, -0.1) is 0 Å². The van der Waals surface area contributed by atoms with Crippen LogP contribution in [0.15, 0.2) is 12.1 Å². The molecule has 114 valence electrons. The van der Waals surface area contributed by atoms with E-state index in [1.165, 1.54) is 7.11 Å². The van der Waals surface area contributed by atoms with Gasteiger partial charge >= 0.3 is 5.97 Å². The number of nitriles is 1. The first-order valence-electron chi connectivity index (χ1n) is 6.64. The topological polar surface area (TPSA) is 88.6 Å². The number of aryl methyl sites for hydroxylation is 1. The number of anilines is 2. The molecule has 1 rings (SSSR count). The fourth-order valence-electron chi connectivity index (χ4n) is 2.00. The third-order valence-corrected chi connectivity index (χ3v) is 3.20. The molecule has 21 heavy (non-hydrogen) atoms. The summed E-state index contributed by atoms with van der Waals surface area (Å²) in [5.74, 6) is -0.468. The summed E-state index contributed by atoms with van der Waals surface area (Å²) < 4.78 is 9.84. The molecule has 0 aliphatic heterocycles. The zero-order valence-corrected chi connectivity index (χ0v) is 12.7. The first-order valence-corrected chi connectivity index (χ1v) is 6.64. The number of nitrogens with two attached hydrogens (primary N) is 1. The smallest absolute Gasteiger partial charge is 0.340 e. The fraction of sp³-hybridized carbons (Fsp3) is 0.467. The number of hydrogen-bond acceptors (Lipinski definition) is 6. The summed E-state index contributed by atoms with van der Waals surface area (Å²) in [7, 11) is 2.94. The predicted octanol–water partition coefficient (Wildman–Crippen LogP) is 1.73. The second-order valence-corrected chi connectivity index (χ2v) is 4.60. The van der Waals surface area contributed by atoms with Crippen LogP contribution < -0.4 is 10.6 Å². The van der Waals surface area contributed by atoms with Crippen molar-refractivity contribution in [2.45, 2.75) is 13.3 Å². The molecule has 0 aromatic heterocycles. The molecule has 0 saturated heterocycles. The molecule has 6 heteroatoms. The normalized spacial score (nSPS) is 10.0. The van der Waals surface area contributed by atoms with Crippen LogP contribution in [-0.4, -0.2) is 39.9 Å². The van der Waals surface area contributed by atoms with E-state index in [2.05, 4.69) is 6.07 Å². The van der Waals surface area contributed by atoms with Gasteiger partial charge in [0.1, 0.15) is 0 Å². The fourth-order valence-corrected chi connectivity index (χ4v) is 2.00. The van der Waals surface area contributed by atoms with Crippen molar-refractivity contribution >= 4 is 17.3 Å². The lowest BCUT2D eigenvalue weighted by Crippen LogP contribution is -2.28. The molecule has 0 aliphatic rings. The van der Waals surface area contributed by atoms with Crippen LogP contribution in [0.4, 0.5) is 11.4 Å². The van der Waals surface area contributed by atoms with Crippen LogP contribution in [0.5, 0.6) is 0 Å². The van der Waals surface area contributed by atoms with Crippen LogP contribution in [0.1, 0.15) is 22.3 Å². The molecule has 0 aliphatic carbocycles. The first kappa shape index (κ1) is 16.8. The van der Waals surface area contributed by atoms with Crippen LogP contribution in [0.25, 0.3) is 0 Å². The van der Waals surface area contributed by atoms with E-state index in [-0.39, 0.29) is 0 Å². The van der Waals surface area contributed by atoms with E-state index in [1.807, 2.05) is 17.9 Å². The van der Waals surface area contributed by atoms with Crippen molar-refractivity contribution in [1.82, 2.24) is 0 Å². The summed E-state index contributed by atoms with van der Waals surface area (Å²) in [5, 5.41) is 8.77. The van der Waals surface area contributed by atoms with Crippen LogP contribution in [0, 0.1) is 18.3 Å². The number of hydrogen-bond donors (Lipinski definition) is 1. The molecule has 6 nitrogen and oxygen atoms in total. The largest absolute Gasteiger partial charge is 0.465 e. The van der Waals surface area contributed by atoms with Gasteiger partial charge in [0, 0.05) is 31.6 Å². The minimum atomic E-state index is -0.468. The van der Waals surface area contributed by atoms with Gasteiger partial charge in [0.2, 0.25) is 0 Å². The number of nitrogens with zero attached hydrogens (tertiary/aromatic N) is 2. The lowest BCUT2D eigenvalue weighted by Gasteiger charge is -2.25. The summed E-state index contributed by atoms with van der Waals surface area (Å²) in [6.45, 7) is 3.55. The Morgan fingerprint density at radius 1 is 1.38 bits per heavy atom. The Morgan fingerprint density at radius 2 is 2.10 bits per heavy atom. The van der Waals surface area contributed by atoms with Crippen molar-refractivity contribution in [3.63, 3.8) is 0 Å². The highest BCUT2D eigenvalue weighted by Crippen LogP contribution is 2.26. The van der Waals surface area contributed by atoms with Gasteiger partial charge in [0.25, 0.3) is 0 Å². The lowest BCUT2D eigenvalue weighted by atomic mass is 10.1. The van der Waals surface area contributed by atoms with E-state index in [1.54, 1.807) is 13.2 Å². The van der Waals surface area contributed by atoms with Crippen LogP contribution in [-0.2, 0) is 9.47 Å².